The van der Waals surface area contributed by atoms with Crippen molar-refractivity contribution in [3.63, 3.8) is 0 Å². The normalized spacial score (nSPS) is 10.0. The number of thiophene rings is 1. The van der Waals surface area contributed by atoms with E-state index in [0.29, 0.717) is 32.6 Å². The van der Waals surface area contributed by atoms with Gasteiger partial charge in [-0.1, -0.05) is 17.7 Å². The van der Waals surface area contributed by atoms with Crippen LogP contribution in [0.3, 0.4) is 0 Å². The van der Waals surface area contributed by atoms with Crippen LogP contribution in [0, 0.1) is 11.3 Å². The molecule has 2 amide bonds. The van der Waals surface area contributed by atoms with Crippen molar-refractivity contribution in [3.05, 3.63) is 75.4 Å². The van der Waals surface area contributed by atoms with Crippen LogP contribution >= 0.6 is 22.9 Å². The molecule has 1 aromatic heterocycles. The summed E-state index contributed by atoms with van der Waals surface area (Å²) in [6.07, 6.45) is 0. The highest BCUT2D eigenvalue weighted by Crippen LogP contribution is 2.25. The first kappa shape index (κ1) is 19.4. The molecule has 0 radical (unpaired) electrons. The van der Waals surface area contributed by atoms with E-state index in [-0.39, 0.29) is 18.4 Å². The number of nitrogens with zero attached hydrogens (tertiary/aromatic N) is 1. The van der Waals surface area contributed by atoms with Crippen molar-refractivity contribution >= 4 is 46.1 Å². The number of rotatable bonds is 6. The van der Waals surface area contributed by atoms with Gasteiger partial charge >= 0.3 is 0 Å². The molecule has 0 aliphatic heterocycles. The molecule has 0 unspecified atom stereocenters. The second-order valence-corrected chi connectivity index (χ2v) is 6.91. The van der Waals surface area contributed by atoms with Crippen LogP contribution in [0.15, 0.2) is 60.0 Å². The summed E-state index contributed by atoms with van der Waals surface area (Å²) in [6, 6.07) is 16.7. The zero-order valence-corrected chi connectivity index (χ0v) is 16.0. The molecule has 28 heavy (non-hydrogen) atoms. The molecule has 0 spiro atoms. The molecule has 0 atom stereocenters. The minimum Gasteiger partial charge on any atom is -0.479 e. The fourth-order valence-corrected chi connectivity index (χ4v) is 3.09. The third-order valence-corrected chi connectivity index (χ3v) is 4.84. The summed E-state index contributed by atoms with van der Waals surface area (Å²) in [7, 11) is 0. The molecular formula is C20H14ClN3O3S. The highest BCUT2D eigenvalue weighted by atomic mass is 35.5. The molecule has 0 saturated carbocycles. The van der Waals surface area contributed by atoms with Gasteiger partial charge in [-0.2, -0.15) is 5.26 Å². The number of anilines is 2. The Labute approximate surface area is 170 Å². The fraction of sp³-hybridized carbons (Fsp3) is 0.0500. The van der Waals surface area contributed by atoms with Gasteiger partial charge < -0.3 is 15.4 Å². The Balaban J connectivity index is 1.70. The Kier molecular flexibility index (Phi) is 6.27. The van der Waals surface area contributed by atoms with Crippen LogP contribution in [0.1, 0.15) is 20.0 Å². The number of ether oxygens (including phenoxy) is 1. The van der Waals surface area contributed by atoms with Gasteiger partial charge in [0.05, 0.1) is 15.6 Å². The summed E-state index contributed by atoms with van der Waals surface area (Å²) < 4.78 is 5.17. The maximum Gasteiger partial charge on any atom is 0.265 e. The highest BCUT2D eigenvalue weighted by Gasteiger charge is 2.13. The van der Waals surface area contributed by atoms with Gasteiger partial charge in [0.2, 0.25) is 0 Å². The Morgan fingerprint density at radius 3 is 2.54 bits per heavy atom. The second-order valence-electron chi connectivity index (χ2n) is 5.55. The smallest absolute Gasteiger partial charge is 0.265 e. The summed E-state index contributed by atoms with van der Waals surface area (Å²) in [6.45, 7) is -0.0452. The number of hydrogen-bond donors (Lipinski definition) is 2. The average molecular weight is 412 g/mol. The van der Waals surface area contributed by atoms with E-state index in [4.69, 9.17) is 21.6 Å². The third-order valence-electron chi connectivity index (χ3n) is 3.64. The van der Waals surface area contributed by atoms with Crippen LogP contribution in [0.2, 0.25) is 5.02 Å². The summed E-state index contributed by atoms with van der Waals surface area (Å²) >= 11 is 7.46. The van der Waals surface area contributed by atoms with Gasteiger partial charge in [-0.15, -0.1) is 11.3 Å². The minimum atomic E-state index is -0.353. The van der Waals surface area contributed by atoms with E-state index in [0.717, 1.165) is 0 Å². The van der Waals surface area contributed by atoms with Gasteiger partial charge in [0.15, 0.2) is 6.61 Å². The predicted octanol–water partition coefficient (Wildman–Crippen LogP) is 4.81. The Bertz CT molecular complexity index is 1030. The maximum absolute atomic E-state index is 12.5. The van der Waals surface area contributed by atoms with E-state index in [1.165, 1.54) is 17.4 Å². The van der Waals surface area contributed by atoms with Crippen molar-refractivity contribution in [1.29, 1.82) is 5.26 Å². The molecule has 0 fully saturated rings. The standard InChI is InChI=1S/C20H14ClN3O3S/c21-16-8-3-13(12-17(16)24-20(26)18-2-1-11-28-18)19(25)23-14-4-6-15(7-5-14)27-10-9-22/h1-8,11-12H,10H2,(H,23,25)(H,24,26). The number of hydrogen-bond acceptors (Lipinski definition) is 5. The van der Waals surface area contributed by atoms with Crippen LogP contribution in [-0.4, -0.2) is 18.4 Å². The van der Waals surface area contributed by atoms with E-state index in [1.54, 1.807) is 53.9 Å². The van der Waals surface area contributed by atoms with Gasteiger partial charge in [-0.05, 0) is 53.9 Å². The van der Waals surface area contributed by atoms with Gasteiger partial charge in [0.1, 0.15) is 11.8 Å². The molecule has 1 heterocycles. The quantitative estimate of drug-likeness (QED) is 0.609. The topological polar surface area (TPSA) is 91.2 Å². The van der Waals surface area contributed by atoms with E-state index >= 15 is 0 Å². The van der Waals surface area contributed by atoms with E-state index < -0.39 is 0 Å². The number of halogens is 1. The molecule has 2 N–H and O–H groups in total. The lowest BCUT2D eigenvalue weighted by Crippen LogP contribution is -2.14. The zero-order valence-electron chi connectivity index (χ0n) is 14.4. The monoisotopic (exact) mass is 411 g/mol. The van der Waals surface area contributed by atoms with Crippen LogP contribution in [0.4, 0.5) is 11.4 Å². The van der Waals surface area contributed by atoms with Gasteiger partial charge in [-0.3, -0.25) is 9.59 Å². The van der Waals surface area contributed by atoms with Crippen LogP contribution in [0.25, 0.3) is 0 Å². The molecule has 2 aromatic carbocycles. The van der Waals surface area contributed by atoms with Gasteiger partial charge in [0, 0.05) is 11.3 Å². The van der Waals surface area contributed by atoms with Crippen molar-refractivity contribution in [1.82, 2.24) is 0 Å². The van der Waals surface area contributed by atoms with E-state index in [1.807, 2.05) is 6.07 Å². The van der Waals surface area contributed by atoms with E-state index in [2.05, 4.69) is 10.6 Å². The molecular weight excluding hydrogens is 398 g/mol. The number of amides is 2. The average Bonchev–Trinajstić information content (AvgIpc) is 3.24. The lowest BCUT2D eigenvalue weighted by Gasteiger charge is -2.10. The van der Waals surface area contributed by atoms with Gasteiger partial charge in [0.25, 0.3) is 11.8 Å². The number of nitrogens with one attached hydrogen (secondary N) is 2. The van der Waals surface area contributed by atoms with Crippen LogP contribution in [-0.2, 0) is 0 Å². The van der Waals surface area contributed by atoms with Crippen molar-refractivity contribution in [2.45, 2.75) is 0 Å². The molecule has 8 heteroatoms. The molecule has 3 aromatic rings. The van der Waals surface area contributed by atoms with Crippen molar-refractivity contribution in [2.75, 3.05) is 17.2 Å². The Hall–Kier alpha value is -3.34. The predicted molar refractivity (Wildman–Crippen MR) is 109 cm³/mol. The number of carbonyl (C=O) groups is 2. The number of carbonyl (C=O) groups excluding carboxylic acids is 2. The zero-order chi connectivity index (χ0) is 19.9. The summed E-state index contributed by atoms with van der Waals surface area (Å²) in [5.41, 5.74) is 1.26. The van der Waals surface area contributed by atoms with Crippen LogP contribution in [0.5, 0.6) is 5.75 Å². The number of nitriles is 1. The lowest BCUT2D eigenvalue weighted by atomic mass is 10.1. The van der Waals surface area contributed by atoms with Crippen molar-refractivity contribution in [2.24, 2.45) is 0 Å². The Morgan fingerprint density at radius 2 is 1.86 bits per heavy atom. The molecule has 0 saturated heterocycles. The molecule has 0 bridgehead atoms. The summed E-state index contributed by atoms with van der Waals surface area (Å²) in [5, 5.41) is 16.1. The maximum atomic E-state index is 12.5. The molecule has 140 valence electrons. The van der Waals surface area contributed by atoms with Gasteiger partial charge in [-0.25, -0.2) is 0 Å². The SMILES string of the molecule is N#CCOc1ccc(NC(=O)c2ccc(Cl)c(NC(=O)c3cccs3)c2)cc1. The Morgan fingerprint density at radius 1 is 1.07 bits per heavy atom. The lowest BCUT2D eigenvalue weighted by molar-refractivity contribution is 0.101. The first-order chi connectivity index (χ1) is 13.6. The summed E-state index contributed by atoms with van der Waals surface area (Å²) in [4.78, 5) is 25.3. The summed E-state index contributed by atoms with van der Waals surface area (Å²) in [5.74, 6) is -0.110. The molecule has 0 aliphatic carbocycles. The first-order valence-electron chi connectivity index (χ1n) is 8.12. The molecule has 3 rings (SSSR count). The van der Waals surface area contributed by atoms with Crippen LogP contribution < -0.4 is 15.4 Å². The fourth-order valence-electron chi connectivity index (χ4n) is 2.31. The van der Waals surface area contributed by atoms with E-state index in [9.17, 15) is 9.59 Å². The second kappa shape index (κ2) is 9.04. The minimum absolute atomic E-state index is 0.0452. The van der Waals surface area contributed by atoms with Crippen molar-refractivity contribution < 1.29 is 14.3 Å². The molecule has 0 aliphatic rings. The largest absolute Gasteiger partial charge is 0.479 e. The highest BCUT2D eigenvalue weighted by molar-refractivity contribution is 7.12. The third kappa shape index (κ3) is 4.88. The number of benzene rings is 2. The first-order valence-corrected chi connectivity index (χ1v) is 9.38. The van der Waals surface area contributed by atoms with Crippen molar-refractivity contribution in [3.8, 4) is 11.8 Å². The molecule has 6 nitrogen and oxygen atoms in total.